The minimum atomic E-state index is -4.72. The molecular weight excluding hydrogens is 427 g/mol. The van der Waals surface area contributed by atoms with E-state index in [1.165, 1.54) is 11.9 Å². The van der Waals surface area contributed by atoms with Crippen molar-refractivity contribution in [1.82, 2.24) is 10.2 Å². The first-order valence-electron chi connectivity index (χ1n) is 11.0. The number of alkyl carbamates (subject to hydrolysis) is 1. The van der Waals surface area contributed by atoms with Gasteiger partial charge in [0.25, 0.3) is 0 Å². The van der Waals surface area contributed by atoms with Crippen molar-refractivity contribution in [3.05, 3.63) is 0 Å². The molecule has 3 N–H and O–H groups in total. The van der Waals surface area contributed by atoms with Crippen molar-refractivity contribution in [1.29, 1.82) is 0 Å². The summed E-state index contributed by atoms with van der Waals surface area (Å²) in [5.41, 5.74) is 0.902. The highest BCUT2D eigenvalue weighted by molar-refractivity contribution is 5.86. The predicted molar refractivity (Wildman–Crippen MR) is 123 cm³/mol. The zero-order chi connectivity index (χ0) is 26.8. The van der Waals surface area contributed by atoms with Crippen molar-refractivity contribution < 1.29 is 32.3 Å². The maximum atomic E-state index is 12.6. The van der Waals surface area contributed by atoms with Gasteiger partial charge in [-0.3, -0.25) is 4.79 Å². The molecule has 0 aromatic carbocycles. The molecule has 7 nitrogen and oxygen atoms in total. The second-order valence-electron chi connectivity index (χ2n) is 7.61. The average Bonchev–Trinajstić information content (AvgIpc) is 3.11. The van der Waals surface area contributed by atoms with Crippen molar-refractivity contribution in [2.24, 2.45) is 11.7 Å². The molecule has 194 valence electrons. The number of likely N-dealkylation sites (tertiary alicyclic amines) is 1. The summed E-state index contributed by atoms with van der Waals surface area (Å²) in [6, 6.07) is 0. The van der Waals surface area contributed by atoms with Gasteiger partial charge in [0.2, 0.25) is 11.5 Å². The van der Waals surface area contributed by atoms with E-state index in [1.54, 1.807) is 6.92 Å². The van der Waals surface area contributed by atoms with Crippen molar-refractivity contribution in [3.63, 3.8) is 0 Å². The van der Waals surface area contributed by atoms with Crippen LogP contribution in [0, 0.1) is 5.92 Å². The molecule has 0 spiro atoms. The van der Waals surface area contributed by atoms with E-state index in [2.05, 4.69) is 31.2 Å². The quantitative estimate of drug-likeness (QED) is 0.564. The van der Waals surface area contributed by atoms with E-state index in [4.69, 9.17) is 0 Å². The van der Waals surface area contributed by atoms with E-state index in [-0.39, 0.29) is 0 Å². The second kappa shape index (κ2) is 18.7. The van der Waals surface area contributed by atoms with Gasteiger partial charge in [-0.1, -0.05) is 48.5 Å². The molecule has 10 heteroatoms. The van der Waals surface area contributed by atoms with Crippen molar-refractivity contribution in [2.45, 2.75) is 99.4 Å². The summed E-state index contributed by atoms with van der Waals surface area (Å²) < 4.78 is 42.0. The zero-order valence-electron chi connectivity index (χ0n) is 21.8. The Morgan fingerprint density at radius 3 is 1.88 bits per heavy atom. The standard InChI is InChI=1S/C13H19F3N2O4.C4H10.2C2H6.CH5N/c1-11(2,13(14,15)16)22-10(21)17-7-9(20)18-6-4-5-12(18,3)8-19;1-4(2)3;3*1-2/h8H,4-7H2,1-3H3,(H,17,21);4H,1-3H3;2*1-2H3;2H2,1H3/t12-;;;;/m0..../s1. The van der Waals surface area contributed by atoms with Gasteiger partial charge in [-0.25, -0.2) is 4.79 Å². The molecule has 1 aliphatic rings. The lowest BCUT2D eigenvalue weighted by Crippen LogP contribution is -2.51. The highest BCUT2D eigenvalue weighted by Gasteiger charge is 2.51. The number of alkyl halides is 3. The number of ether oxygens (including phenoxy) is 1. The number of carbonyl (C=O) groups is 3. The molecule has 1 aliphatic heterocycles. The minimum Gasteiger partial charge on any atom is -0.434 e. The van der Waals surface area contributed by atoms with Gasteiger partial charge in [-0.15, -0.1) is 0 Å². The summed E-state index contributed by atoms with van der Waals surface area (Å²) in [6.07, 6.45) is -4.26. The van der Waals surface area contributed by atoms with Gasteiger partial charge in [-0.05, 0) is 46.6 Å². The zero-order valence-corrected chi connectivity index (χ0v) is 21.8. The van der Waals surface area contributed by atoms with E-state index < -0.39 is 35.9 Å². The molecule has 1 saturated heterocycles. The highest BCUT2D eigenvalue weighted by atomic mass is 19.4. The lowest BCUT2D eigenvalue weighted by atomic mass is 10.0. The summed E-state index contributed by atoms with van der Waals surface area (Å²) in [6.45, 7) is 17.3. The Labute approximate surface area is 192 Å². The number of halogens is 3. The third-order valence-corrected chi connectivity index (χ3v) is 3.65. The molecule has 1 heterocycles. The number of aldehydes is 1. The van der Waals surface area contributed by atoms with Gasteiger partial charge in [-0.2, -0.15) is 13.2 Å². The largest absolute Gasteiger partial charge is 0.434 e. The van der Waals surface area contributed by atoms with Gasteiger partial charge < -0.3 is 25.5 Å². The van der Waals surface area contributed by atoms with E-state index in [9.17, 15) is 27.6 Å². The molecule has 32 heavy (non-hydrogen) atoms. The Hall–Kier alpha value is -1.84. The number of nitrogens with zero attached hydrogens (tertiary/aromatic N) is 1. The van der Waals surface area contributed by atoms with Crippen molar-refractivity contribution in [3.8, 4) is 0 Å². The molecule has 0 aromatic rings. The number of rotatable bonds is 4. The first-order valence-corrected chi connectivity index (χ1v) is 11.0. The molecule has 0 aromatic heterocycles. The van der Waals surface area contributed by atoms with E-state index in [0.717, 1.165) is 5.92 Å². The molecule has 2 amide bonds. The van der Waals surface area contributed by atoms with Crippen LogP contribution in [0.4, 0.5) is 18.0 Å². The topological polar surface area (TPSA) is 102 Å². The van der Waals surface area contributed by atoms with Crippen LogP contribution in [0.5, 0.6) is 0 Å². The predicted octanol–water partition coefficient (Wildman–Crippen LogP) is 4.92. The molecular formula is C22H46F3N3O4. The van der Waals surface area contributed by atoms with Crippen LogP contribution in [0.3, 0.4) is 0 Å². The Morgan fingerprint density at radius 2 is 1.53 bits per heavy atom. The Balaban J connectivity index is -0.000000337. The van der Waals surface area contributed by atoms with E-state index >= 15 is 0 Å². The average molecular weight is 474 g/mol. The molecule has 0 bridgehead atoms. The Morgan fingerprint density at radius 1 is 1.12 bits per heavy atom. The van der Waals surface area contributed by atoms with Crippen LogP contribution in [0.25, 0.3) is 0 Å². The van der Waals surface area contributed by atoms with Crippen LogP contribution in [0.1, 0.15) is 82.1 Å². The first-order chi connectivity index (χ1) is 14.7. The first kappa shape index (κ1) is 37.5. The maximum absolute atomic E-state index is 12.6. The van der Waals surface area contributed by atoms with Crippen LogP contribution in [-0.4, -0.2) is 60.6 Å². The fourth-order valence-corrected chi connectivity index (χ4v) is 2.09. The maximum Gasteiger partial charge on any atom is 0.427 e. The Bertz CT molecular complexity index is 510. The summed E-state index contributed by atoms with van der Waals surface area (Å²) in [5.74, 6) is 0.286. The van der Waals surface area contributed by atoms with Crippen LogP contribution >= 0.6 is 0 Å². The summed E-state index contributed by atoms with van der Waals surface area (Å²) >= 11 is 0. The van der Waals surface area contributed by atoms with Crippen LogP contribution < -0.4 is 11.1 Å². The number of carbonyl (C=O) groups excluding carboxylic acids is 3. The van der Waals surface area contributed by atoms with Crippen molar-refractivity contribution in [2.75, 3.05) is 20.1 Å². The number of nitrogens with one attached hydrogen (secondary N) is 1. The molecule has 1 atom stereocenters. The van der Waals surface area contributed by atoms with Gasteiger partial charge in [0, 0.05) is 6.54 Å². The summed E-state index contributed by atoms with van der Waals surface area (Å²) in [5, 5.41) is 1.98. The summed E-state index contributed by atoms with van der Waals surface area (Å²) in [4.78, 5) is 35.7. The molecule has 0 radical (unpaired) electrons. The van der Waals surface area contributed by atoms with Gasteiger partial charge >= 0.3 is 12.3 Å². The number of hydrogen-bond donors (Lipinski definition) is 2. The molecule has 0 saturated carbocycles. The minimum absolute atomic E-state index is 0.360. The van der Waals surface area contributed by atoms with Crippen LogP contribution in [0.15, 0.2) is 0 Å². The van der Waals surface area contributed by atoms with Gasteiger partial charge in [0.15, 0.2) is 0 Å². The van der Waals surface area contributed by atoms with E-state index in [1.807, 2.05) is 33.0 Å². The van der Waals surface area contributed by atoms with E-state index in [0.29, 0.717) is 39.5 Å². The normalized spacial score (nSPS) is 17.1. The fourth-order valence-electron chi connectivity index (χ4n) is 2.09. The molecule has 1 fully saturated rings. The second-order valence-corrected chi connectivity index (χ2v) is 7.61. The highest BCUT2D eigenvalue weighted by Crippen LogP contribution is 2.32. The monoisotopic (exact) mass is 473 g/mol. The van der Waals surface area contributed by atoms with Gasteiger partial charge in [0.05, 0.1) is 5.54 Å². The fraction of sp³-hybridized carbons (Fsp3) is 0.864. The molecule has 1 rings (SSSR count). The van der Waals surface area contributed by atoms with Crippen molar-refractivity contribution >= 4 is 18.3 Å². The molecule has 0 aliphatic carbocycles. The third kappa shape index (κ3) is 15.0. The number of nitrogens with two attached hydrogens (primary N) is 1. The van der Waals surface area contributed by atoms with Gasteiger partial charge in [0.1, 0.15) is 12.8 Å². The third-order valence-electron chi connectivity index (χ3n) is 3.65. The smallest absolute Gasteiger partial charge is 0.427 e. The number of hydrogen-bond acceptors (Lipinski definition) is 5. The van der Waals surface area contributed by atoms with Crippen LogP contribution in [0.2, 0.25) is 0 Å². The SMILES string of the molecule is CC.CC.CC(C)(OC(=O)NCC(=O)N1CCC[C@@]1(C)C=O)C(F)(F)F.CC(C)C.CN. The van der Waals surface area contributed by atoms with Crippen LogP contribution in [-0.2, 0) is 14.3 Å². The lowest BCUT2D eigenvalue weighted by Gasteiger charge is -2.30. The molecule has 0 unspecified atom stereocenters. The summed E-state index contributed by atoms with van der Waals surface area (Å²) in [7, 11) is 1.50. The lowest BCUT2D eigenvalue weighted by molar-refractivity contribution is -0.243. The number of amides is 2. The Kier molecular flexibility index (Phi) is 21.9.